The van der Waals surface area contributed by atoms with Crippen LogP contribution in [0.2, 0.25) is 0 Å². The first kappa shape index (κ1) is 8.58. The Kier molecular flexibility index (Phi) is 2.32. The first-order valence-electron chi connectivity index (χ1n) is 3.14. The lowest BCUT2D eigenvalue weighted by Crippen LogP contribution is -2.08. The highest BCUT2D eigenvalue weighted by molar-refractivity contribution is 5.98. The van der Waals surface area contributed by atoms with E-state index in [2.05, 4.69) is 11.7 Å². The van der Waals surface area contributed by atoms with Gasteiger partial charge in [0.1, 0.15) is 0 Å². The Morgan fingerprint density at radius 3 is 2.83 bits per heavy atom. The van der Waals surface area contributed by atoms with Gasteiger partial charge in [-0.25, -0.2) is 13.5 Å². The van der Waals surface area contributed by atoms with E-state index in [1.165, 1.54) is 17.1 Å². The van der Waals surface area contributed by atoms with Crippen LogP contribution in [0.5, 0.6) is 0 Å². The highest BCUT2D eigenvalue weighted by Gasteiger charge is 2.18. The molecule has 0 unspecified atom stereocenters. The van der Waals surface area contributed by atoms with Gasteiger partial charge in [-0.05, 0) is 0 Å². The minimum atomic E-state index is -2.98. The lowest BCUT2D eigenvalue weighted by molar-refractivity contribution is 0.0679. The van der Waals surface area contributed by atoms with Gasteiger partial charge in [-0.3, -0.25) is 4.79 Å². The second-order valence-corrected chi connectivity index (χ2v) is 2.06. The number of hydrogen-bond acceptors (Lipinski definition) is 2. The van der Waals surface area contributed by atoms with E-state index in [-0.39, 0.29) is 5.56 Å². The van der Waals surface area contributed by atoms with Gasteiger partial charge >= 0.3 is 6.43 Å². The van der Waals surface area contributed by atoms with Gasteiger partial charge in [0.2, 0.25) is 5.78 Å². The molecule has 0 radical (unpaired) electrons. The Labute approximate surface area is 67.3 Å². The number of carbonyl (C=O) groups excluding carboxylic acids is 1. The van der Waals surface area contributed by atoms with Crippen molar-refractivity contribution in [1.82, 2.24) is 9.78 Å². The minimum absolute atomic E-state index is 0.107. The smallest absolute Gasteiger partial charge is 0.288 e. The Balaban J connectivity index is 2.89. The molecule has 12 heavy (non-hydrogen) atoms. The molecule has 0 aromatic carbocycles. The second kappa shape index (κ2) is 3.25. The van der Waals surface area contributed by atoms with Crippen molar-refractivity contribution >= 4 is 12.0 Å². The van der Waals surface area contributed by atoms with Gasteiger partial charge in [-0.15, -0.1) is 0 Å². The molecule has 3 nitrogen and oxygen atoms in total. The maximum atomic E-state index is 11.8. The van der Waals surface area contributed by atoms with Crippen molar-refractivity contribution in [2.24, 2.45) is 0 Å². The van der Waals surface area contributed by atoms with Crippen molar-refractivity contribution < 1.29 is 13.6 Å². The van der Waals surface area contributed by atoms with Gasteiger partial charge in [0, 0.05) is 12.4 Å². The Morgan fingerprint density at radius 1 is 1.75 bits per heavy atom. The zero-order valence-electron chi connectivity index (χ0n) is 6.08. The molecule has 0 bridgehead atoms. The molecule has 0 saturated carbocycles. The lowest BCUT2D eigenvalue weighted by atomic mass is 10.2. The van der Waals surface area contributed by atoms with Gasteiger partial charge in [0.25, 0.3) is 0 Å². The number of halogens is 2. The number of Topliss-reactive ketones (excluding diaryl/α,β-unsaturated/α-hetero) is 1. The molecule has 0 amide bonds. The molecular formula is C7H6F2N2O. The maximum Gasteiger partial charge on any atom is 0.300 e. The van der Waals surface area contributed by atoms with Gasteiger partial charge in [-0.2, -0.15) is 5.10 Å². The molecule has 0 spiro atoms. The first-order chi connectivity index (χ1) is 5.65. The lowest BCUT2D eigenvalue weighted by Gasteiger charge is -1.91. The molecule has 0 atom stereocenters. The predicted octanol–water partition coefficient (Wildman–Crippen LogP) is 1.43. The Bertz CT molecular complexity index is 306. The van der Waals surface area contributed by atoms with E-state index in [4.69, 9.17) is 0 Å². The quantitative estimate of drug-likeness (QED) is 0.646. The first-order valence-corrected chi connectivity index (χ1v) is 3.14. The molecule has 0 aliphatic rings. The van der Waals surface area contributed by atoms with E-state index < -0.39 is 12.2 Å². The highest BCUT2D eigenvalue weighted by Crippen LogP contribution is 2.06. The highest BCUT2D eigenvalue weighted by atomic mass is 19.3. The summed E-state index contributed by atoms with van der Waals surface area (Å²) >= 11 is 0. The molecule has 1 aromatic rings. The third kappa shape index (κ3) is 1.55. The zero-order chi connectivity index (χ0) is 9.14. The summed E-state index contributed by atoms with van der Waals surface area (Å²) in [5, 5.41) is 3.58. The summed E-state index contributed by atoms with van der Waals surface area (Å²) in [6.07, 6.45) is 0.604. The molecule has 0 aliphatic heterocycles. The fourth-order valence-electron chi connectivity index (χ4n) is 0.691. The summed E-state index contributed by atoms with van der Waals surface area (Å²) < 4.78 is 24.8. The van der Waals surface area contributed by atoms with Crippen molar-refractivity contribution in [3.05, 3.63) is 24.5 Å². The average molecular weight is 172 g/mol. The number of hydrogen-bond donors (Lipinski definition) is 0. The third-order valence-corrected chi connectivity index (χ3v) is 1.27. The molecule has 1 rings (SSSR count). The largest absolute Gasteiger partial charge is 0.300 e. The Morgan fingerprint density at radius 2 is 2.42 bits per heavy atom. The topological polar surface area (TPSA) is 34.9 Å². The number of aromatic nitrogens is 2. The molecule has 1 heterocycles. The SMILES string of the molecule is C=Cn1cc(C(=O)C(F)F)cn1. The minimum Gasteiger partial charge on any atom is -0.288 e. The number of ketones is 1. The van der Waals surface area contributed by atoms with Crippen LogP contribution in [-0.2, 0) is 0 Å². The van der Waals surface area contributed by atoms with Crippen LogP contribution in [0.4, 0.5) is 8.78 Å². The molecule has 5 heteroatoms. The molecule has 0 saturated heterocycles. The van der Waals surface area contributed by atoms with Crippen molar-refractivity contribution in [2.45, 2.75) is 6.43 Å². The molecule has 0 fully saturated rings. The van der Waals surface area contributed by atoms with Crippen LogP contribution < -0.4 is 0 Å². The standard InChI is InChI=1S/C7H6F2N2O/c1-2-11-4-5(3-10-11)6(12)7(8)9/h2-4,7H,1H2. The monoisotopic (exact) mass is 172 g/mol. The fraction of sp³-hybridized carbons (Fsp3) is 0.143. The van der Waals surface area contributed by atoms with Crippen LogP contribution in [0.15, 0.2) is 19.0 Å². The summed E-state index contributed by atoms with van der Waals surface area (Å²) in [5.74, 6) is -1.22. The van der Waals surface area contributed by atoms with Gasteiger partial charge in [0.05, 0.1) is 11.8 Å². The maximum absolute atomic E-state index is 11.8. The number of nitrogens with zero attached hydrogens (tertiary/aromatic N) is 2. The van der Waals surface area contributed by atoms with Gasteiger partial charge in [0.15, 0.2) is 0 Å². The van der Waals surface area contributed by atoms with Gasteiger partial charge in [-0.1, -0.05) is 6.58 Å². The van der Waals surface area contributed by atoms with Crippen LogP contribution in [0, 0.1) is 0 Å². The second-order valence-electron chi connectivity index (χ2n) is 2.06. The Hall–Kier alpha value is -1.52. The summed E-state index contributed by atoms with van der Waals surface area (Å²) in [7, 11) is 0. The average Bonchev–Trinajstić information content (AvgIpc) is 2.50. The van der Waals surface area contributed by atoms with E-state index in [0.717, 1.165) is 6.20 Å². The van der Waals surface area contributed by atoms with Crippen LogP contribution in [0.3, 0.4) is 0 Å². The molecule has 1 aromatic heterocycles. The van der Waals surface area contributed by atoms with Crippen molar-refractivity contribution in [2.75, 3.05) is 0 Å². The fourth-order valence-corrected chi connectivity index (χ4v) is 0.691. The van der Waals surface area contributed by atoms with Crippen molar-refractivity contribution in [3.8, 4) is 0 Å². The molecule has 0 N–H and O–H groups in total. The molecule has 64 valence electrons. The van der Waals surface area contributed by atoms with E-state index in [9.17, 15) is 13.6 Å². The zero-order valence-corrected chi connectivity index (χ0v) is 6.08. The van der Waals surface area contributed by atoms with Gasteiger partial charge < -0.3 is 0 Å². The normalized spacial score (nSPS) is 10.2. The number of carbonyl (C=O) groups is 1. The van der Waals surface area contributed by atoms with Crippen LogP contribution in [-0.4, -0.2) is 22.0 Å². The summed E-state index contributed by atoms with van der Waals surface area (Å²) in [6, 6.07) is 0. The van der Waals surface area contributed by atoms with Crippen molar-refractivity contribution in [1.29, 1.82) is 0 Å². The summed E-state index contributed by atoms with van der Waals surface area (Å²) in [5.41, 5.74) is -0.107. The molecule has 0 aliphatic carbocycles. The predicted molar refractivity (Wildman–Crippen MR) is 38.9 cm³/mol. The van der Waals surface area contributed by atoms with E-state index in [1.54, 1.807) is 0 Å². The van der Waals surface area contributed by atoms with E-state index >= 15 is 0 Å². The van der Waals surface area contributed by atoms with Crippen LogP contribution >= 0.6 is 0 Å². The van der Waals surface area contributed by atoms with Crippen molar-refractivity contribution in [3.63, 3.8) is 0 Å². The number of alkyl halides is 2. The van der Waals surface area contributed by atoms with Crippen LogP contribution in [0.25, 0.3) is 6.20 Å². The molecular weight excluding hydrogens is 166 g/mol. The number of rotatable bonds is 3. The van der Waals surface area contributed by atoms with Crippen LogP contribution in [0.1, 0.15) is 10.4 Å². The third-order valence-electron chi connectivity index (χ3n) is 1.27. The summed E-state index contributed by atoms with van der Waals surface area (Å²) in [4.78, 5) is 10.6. The van der Waals surface area contributed by atoms with E-state index in [0.29, 0.717) is 0 Å². The van der Waals surface area contributed by atoms with E-state index in [1.807, 2.05) is 0 Å². The summed E-state index contributed by atoms with van der Waals surface area (Å²) in [6.45, 7) is 3.35.